The normalized spacial score (nSPS) is 14.7. The number of benzene rings is 2. The van der Waals surface area contributed by atoms with Gasteiger partial charge in [-0.25, -0.2) is 13.1 Å². The molecule has 1 aromatic heterocycles. The van der Waals surface area contributed by atoms with Gasteiger partial charge >= 0.3 is 0 Å². The summed E-state index contributed by atoms with van der Waals surface area (Å²) in [6, 6.07) is 17.4. The van der Waals surface area contributed by atoms with E-state index in [0.717, 1.165) is 24.3 Å². The van der Waals surface area contributed by atoms with Crippen LogP contribution in [0.1, 0.15) is 30.0 Å². The van der Waals surface area contributed by atoms with E-state index in [9.17, 15) is 13.2 Å². The third-order valence-corrected chi connectivity index (χ3v) is 7.07. The van der Waals surface area contributed by atoms with E-state index >= 15 is 0 Å². The molecule has 0 radical (unpaired) electrons. The first-order valence-electron chi connectivity index (χ1n) is 11.2. The van der Waals surface area contributed by atoms with Crippen molar-refractivity contribution in [3.05, 3.63) is 78.1 Å². The van der Waals surface area contributed by atoms with E-state index in [2.05, 4.69) is 9.62 Å². The molecule has 1 saturated heterocycles. The maximum atomic E-state index is 12.6. The van der Waals surface area contributed by atoms with Crippen LogP contribution in [0.4, 0.5) is 5.69 Å². The molecule has 178 valence electrons. The molecule has 0 spiro atoms. The second kappa shape index (κ2) is 10.4. The summed E-state index contributed by atoms with van der Waals surface area (Å²) in [4.78, 5) is 15.0. The van der Waals surface area contributed by atoms with E-state index in [1.54, 1.807) is 56.3 Å². The maximum Gasteiger partial charge on any atom is 0.240 e. The van der Waals surface area contributed by atoms with E-state index < -0.39 is 10.0 Å². The van der Waals surface area contributed by atoms with Crippen LogP contribution in [0.25, 0.3) is 17.4 Å². The summed E-state index contributed by atoms with van der Waals surface area (Å²) in [5.74, 6) is 1.01. The molecule has 8 heteroatoms. The topological polar surface area (TPSA) is 88.9 Å². The average molecular weight is 481 g/mol. The van der Waals surface area contributed by atoms with Gasteiger partial charge in [0.2, 0.25) is 10.0 Å². The van der Waals surface area contributed by atoms with Crippen LogP contribution in [0.15, 0.2) is 76.1 Å². The van der Waals surface area contributed by atoms with Crippen molar-refractivity contribution in [2.24, 2.45) is 0 Å². The van der Waals surface area contributed by atoms with Crippen molar-refractivity contribution >= 4 is 27.6 Å². The molecule has 0 saturated carbocycles. The quantitative estimate of drug-likeness (QED) is 0.381. The van der Waals surface area contributed by atoms with Crippen molar-refractivity contribution in [2.45, 2.75) is 24.8 Å². The molecule has 2 aromatic carbocycles. The lowest BCUT2D eigenvalue weighted by molar-refractivity contribution is 0.104. The molecule has 34 heavy (non-hydrogen) atoms. The number of nitrogens with one attached hydrogen (secondary N) is 1. The lowest BCUT2D eigenvalue weighted by Crippen LogP contribution is -2.36. The standard InChI is InChI=1S/C26H28N2O5S/c1-19(2)27-34(30,31)24-11-5-21(6-12-24)26-14-10-23(33-26)9-13-25(29)20-3-7-22(8-4-20)28-15-17-32-18-16-28/h3-14,19,27H,15-18H2,1-2H3/b13-9+. The first-order valence-corrected chi connectivity index (χ1v) is 12.7. The fraction of sp³-hybridized carbons (Fsp3) is 0.269. The molecule has 1 aliphatic rings. The highest BCUT2D eigenvalue weighted by Gasteiger charge is 2.16. The molecule has 0 unspecified atom stereocenters. The Morgan fingerprint density at radius 2 is 1.65 bits per heavy atom. The summed E-state index contributed by atoms with van der Waals surface area (Å²) in [5, 5.41) is 0. The van der Waals surface area contributed by atoms with Gasteiger partial charge in [-0.05, 0) is 86.7 Å². The predicted molar refractivity (Wildman–Crippen MR) is 132 cm³/mol. The molecule has 0 amide bonds. The number of carbonyl (C=O) groups is 1. The molecule has 0 aliphatic carbocycles. The number of hydrogen-bond donors (Lipinski definition) is 1. The van der Waals surface area contributed by atoms with E-state index in [0.29, 0.717) is 30.3 Å². The van der Waals surface area contributed by atoms with Gasteiger partial charge < -0.3 is 14.1 Å². The van der Waals surface area contributed by atoms with Crippen LogP contribution in [-0.4, -0.2) is 46.5 Å². The van der Waals surface area contributed by atoms with Crippen molar-refractivity contribution in [1.29, 1.82) is 0 Å². The van der Waals surface area contributed by atoms with Gasteiger partial charge in [-0.15, -0.1) is 0 Å². The van der Waals surface area contributed by atoms with Crippen LogP contribution < -0.4 is 9.62 Å². The van der Waals surface area contributed by atoms with Crippen molar-refractivity contribution in [3.8, 4) is 11.3 Å². The lowest BCUT2D eigenvalue weighted by atomic mass is 10.1. The maximum absolute atomic E-state index is 12.6. The summed E-state index contributed by atoms with van der Waals surface area (Å²) < 4.78 is 38.3. The van der Waals surface area contributed by atoms with Gasteiger partial charge in [0.25, 0.3) is 0 Å². The zero-order chi connectivity index (χ0) is 24.1. The van der Waals surface area contributed by atoms with Crippen LogP contribution in [0.3, 0.4) is 0 Å². The van der Waals surface area contributed by atoms with Gasteiger partial charge in [0, 0.05) is 35.9 Å². The summed E-state index contributed by atoms with van der Waals surface area (Å²) in [6.07, 6.45) is 3.12. The van der Waals surface area contributed by atoms with Crippen LogP contribution in [0, 0.1) is 0 Å². The molecule has 3 aromatic rings. The molecule has 2 heterocycles. The molecular weight excluding hydrogens is 452 g/mol. The number of furan rings is 1. The highest BCUT2D eigenvalue weighted by molar-refractivity contribution is 7.89. The summed E-state index contributed by atoms with van der Waals surface area (Å²) in [6.45, 7) is 6.67. The number of hydrogen-bond acceptors (Lipinski definition) is 6. The molecule has 1 fully saturated rings. The molecule has 7 nitrogen and oxygen atoms in total. The predicted octanol–water partition coefficient (Wildman–Crippen LogP) is 4.37. The summed E-state index contributed by atoms with van der Waals surface area (Å²) in [7, 11) is -3.54. The second-order valence-electron chi connectivity index (χ2n) is 8.35. The Hall–Kier alpha value is -3.20. The van der Waals surface area contributed by atoms with Gasteiger partial charge in [0.05, 0.1) is 18.1 Å². The monoisotopic (exact) mass is 480 g/mol. The Labute approximate surface area is 200 Å². The highest BCUT2D eigenvalue weighted by Crippen LogP contribution is 2.25. The number of allylic oxidation sites excluding steroid dienone is 1. The minimum atomic E-state index is -3.54. The number of ether oxygens (including phenoxy) is 1. The van der Waals surface area contributed by atoms with E-state index in [1.165, 1.54) is 6.08 Å². The van der Waals surface area contributed by atoms with Crippen LogP contribution in [-0.2, 0) is 14.8 Å². The van der Waals surface area contributed by atoms with Gasteiger partial charge in [-0.1, -0.05) is 0 Å². The molecule has 0 atom stereocenters. The largest absolute Gasteiger partial charge is 0.457 e. The van der Waals surface area contributed by atoms with Crippen molar-refractivity contribution in [2.75, 3.05) is 31.2 Å². The fourth-order valence-corrected chi connectivity index (χ4v) is 4.94. The zero-order valence-corrected chi connectivity index (χ0v) is 20.0. The average Bonchev–Trinajstić information content (AvgIpc) is 3.32. The molecule has 4 rings (SSSR count). The van der Waals surface area contributed by atoms with Gasteiger partial charge in [-0.2, -0.15) is 0 Å². The minimum absolute atomic E-state index is 0.112. The Bertz CT molecular complexity index is 1250. The number of morpholine rings is 1. The minimum Gasteiger partial charge on any atom is -0.457 e. The SMILES string of the molecule is CC(C)NS(=O)(=O)c1ccc(-c2ccc(/C=C/C(=O)c3ccc(N4CCOCC4)cc3)o2)cc1. The van der Waals surface area contributed by atoms with Crippen LogP contribution >= 0.6 is 0 Å². The lowest BCUT2D eigenvalue weighted by Gasteiger charge is -2.28. The Morgan fingerprint density at radius 3 is 2.29 bits per heavy atom. The Morgan fingerprint density at radius 1 is 0.971 bits per heavy atom. The van der Waals surface area contributed by atoms with Gasteiger partial charge in [-0.3, -0.25) is 4.79 Å². The zero-order valence-electron chi connectivity index (χ0n) is 19.2. The van der Waals surface area contributed by atoms with E-state index in [-0.39, 0.29) is 16.7 Å². The van der Waals surface area contributed by atoms with Crippen molar-refractivity contribution in [3.63, 3.8) is 0 Å². The number of ketones is 1. The van der Waals surface area contributed by atoms with Crippen LogP contribution in [0.5, 0.6) is 0 Å². The first-order chi connectivity index (χ1) is 16.3. The van der Waals surface area contributed by atoms with Gasteiger partial charge in [0.1, 0.15) is 11.5 Å². The summed E-state index contributed by atoms with van der Waals surface area (Å²) >= 11 is 0. The molecule has 0 bridgehead atoms. The number of anilines is 1. The van der Waals surface area contributed by atoms with Gasteiger partial charge in [0.15, 0.2) is 5.78 Å². The Kier molecular flexibility index (Phi) is 7.31. The number of carbonyl (C=O) groups excluding carboxylic acids is 1. The smallest absolute Gasteiger partial charge is 0.240 e. The van der Waals surface area contributed by atoms with E-state index in [1.807, 2.05) is 24.3 Å². The second-order valence-corrected chi connectivity index (χ2v) is 10.1. The highest BCUT2D eigenvalue weighted by atomic mass is 32.2. The Balaban J connectivity index is 1.40. The number of rotatable bonds is 8. The molecule has 1 N–H and O–H groups in total. The molecule has 1 aliphatic heterocycles. The first kappa shape index (κ1) is 23.9. The fourth-order valence-electron chi connectivity index (χ4n) is 3.69. The van der Waals surface area contributed by atoms with Crippen LogP contribution in [0.2, 0.25) is 0 Å². The van der Waals surface area contributed by atoms with E-state index in [4.69, 9.17) is 9.15 Å². The molecular formula is C26H28N2O5S. The van der Waals surface area contributed by atoms with Crippen molar-refractivity contribution in [1.82, 2.24) is 4.72 Å². The third-order valence-electron chi connectivity index (χ3n) is 5.39. The number of sulfonamides is 1. The number of nitrogens with zero attached hydrogens (tertiary/aromatic N) is 1. The summed E-state index contributed by atoms with van der Waals surface area (Å²) in [5.41, 5.74) is 2.43. The van der Waals surface area contributed by atoms with Crippen molar-refractivity contribution < 1.29 is 22.4 Å². The third kappa shape index (κ3) is 5.83.